The fourth-order valence-corrected chi connectivity index (χ4v) is 4.53. The molecule has 0 N–H and O–H groups in total. The third kappa shape index (κ3) is 5.90. The summed E-state index contributed by atoms with van der Waals surface area (Å²) in [6, 6.07) is 20.2. The van der Waals surface area contributed by atoms with Crippen LogP contribution in [0.3, 0.4) is 0 Å². The molecule has 0 bridgehead atoms. The van der Waals surface area contributed by atoms with Crippen LogP contribution in [0, 0.1) is 11.3 Å². The van der Waals surface area contributed by atoms with Crippen LogP contribution in [0.25, 0.3) is 22.6 Å². The Morgan fingerprint density at radius 1 is 0.973 bits per heavy atom. The molecule has 0 saturated carbocycles. The fourth-order valence-electron chi connectivity index (χ4n) is 4.53. The van der Waals surface area contributed by atoms with E-state index in [1.165, 1.54) is 30.0 Å². The molecule has 1 aliphatic rings. The van der Waals surface area contributed by atoms with Crippen molar-refractivity contribution in [3.05, 3.63) is 94.5 Å². The molecule has 1 unspecified atom stereocenters. The molecule has 4 aromatic rings. The monoisotopic (exact) mass is 492 g/mol. The maximum absolute atomic E-state index is 12.5. The average molecular weight is 493 g/mol. The molecule has 186 valence electrons. The number of hydrogen-bond acceptors (Lipinski definition) is 7. The van der Waals surface area contributed by atoms with Crippen molar-refractivity contribution in [3.8, 4) is 34.5 Å². The first-order valence-electron chi connectivity index (χ1n) is 12.5. The number of piperidine rings is 1. The third-order valence-electron chi connectivity index (χ3n) is 6.51. The number of aromatic nitrogens is 4. The van der Waals surface area contributed by atoms with Crippen molar-refractivity contribution < 1.29 is 4.74 Å². The Kier molecular flexibility index (Phi) is 7.33. The highest BCUT2D eigenvalue weighted by Gasteiger charge is 2.18. The molecule has 3 heterocycles. The molecular weight excluding hydrogens is 464 g/mol. The van der Waals surface area contributed by atoms with Crippen LogP contribution >= 0.6 is 0 Å². The van der Waals surface area contributed by atoms with Crippen LogP contribution in [-0.2, 0) is 6.54 Å². The van der Waals surface area contributed by atoms with Crippen molar-refractivity contribution in [3.63, 3.8) is 0 Å². The topological polar surface area (TPSA) is 96.9 Å². The molecule has 1 atom stereocenters. The predicted molar refractivity (Wildman–Crippen MR) is 141 cm³/mol. The predicted octanol–water partition coefficient (Wildman–Crippen LogP) is 4.50. The van der Waals surface area contributed by atoms with Gasteiger partial charge in [0.1, 0.15) is 6.23 Å². The number of likely N-dealkylation sites (tertiary alicyclic amines) is 1. The van der Waals surface area contributed by atoms with Gasteiger partial charge in [-0.05, 0) is 49.6 Å². The maximum Gasteiger partial charge on any atom is 0.267 e. The minimum atomic E-state index is -0.203. The first-order chi connectivity index (χ1) is 18.1. The van der Waals surface area contributed by atoms with Crippen molar-refractivity contribution in [1.29, 1.82) is 5.26 Å². The van der Waals surface area contributed by atoms with E-state index in [-0.39, 0.29) is 11.8 Å². The van der Waals surface area contributed by atoms with Gasteiger partial charge in [0.05, 0.1) is 36.3 Å². The fraction of sp³-hybridized carbons (Fsp3) is 0.276. The molecule has 0 radical (unpaired) electrons. The van der Waals surface area contributed by atoms with Crippen LogP contribution in [-0.4, -0.2) is 44.0 Å². The molecular formula is C29H28N6O2. The largest absolute Gasteiger partial charge is 0.472 e. The summed E-state index contributed by atoms with van der Waals surface area (Å²) in [7, 11) is 0. The molecule has 8 heteroatoms. The molecule has 0 spiro atoms. The van der Waals surface area contributed by atoms with Crippen molar-refractivity contribution in [2.24, 2.45) is 0 Å². The first-order valence-corrected chi connectivity index (χ1v) is 12.5. The second kappa shape index (κ2) is 11.1. The Balaban J connectivity index is 1.31. The summed E-state index contributed by atoms with van der Waals surface area (Å²) in [4.78, 5) is 23.9. The van der Waals surface area contributed by atoms with Crippen molar-refractivity contribution in [1.82, 2.24) is 24.6 Å². The van der Waals surface area contributed by atoms with Gasteiger partial charge in [0.25, 0.3) is 5.56 Å². The van der Waals surface area contributed by atoms with Crippen LogP contribution in [0.2, 0.25) is 0 Å². The zero-order chi connectivity index (χ0) is 25.6. The van der Waals surface area contributed by atoms with Gasteiger partial charge in [0.2, 0.25) is 0 Å². The maximum atomic E-state index is 12.5. The molecule has 0 amide bonds. The van der Waals surface area contributed by atoms with Crippen molar-refractivity contribution in [2.75, 3.05) is 13.1 Å². The normalized spacial score (nSPS) is 14.6. The highest BCUT2D eigenvalue weighted by Crippen LogP contribution is 2.21. The van der Waals surface area contributed by atoms with E-state index in [9.17, 15) is 10.1 Å². The highest BCUT2D eigenvalue weighted by molar-refractivity contribution is 5.60. The standard InChI is InChI=1S/C29H28N6O2/c1-21(34-13-3-2-4-14-34)37-26-18-31-29(32-19-26)25-10-6-8-23(16-25)20-35-28(36)12-11-27(33-35)24-9-5-7-22(15-24)17-30/h5-12,15-16,18-19,21H,2-4,13-14,20H2,1H3. The summed E-state index contributed by atoms with van der Waals surface area (Å²) < 4.78 is 7.48. The molecule has 37 heavy (non-hydrogen) atoms. The molecule has 1 aliphatic heterocycles. The second-order valence-corrected chi connectivity index (χ2v) is 9.16. The van der Waals surface area contributed by atoms with Gasteiger partial charge in [0, 0.05) is 30.3 Å². The van der Waals surface area contributed by atoms with E-state index in [0.717, 1.165) is 29.8 Å². The summed E-state index contributed by atoms with van der Waals surface area (Å²) in [6.07, 6.45) is 7.11. The number of benzene rings is 2. The number of nitrogens with zero attached hydrogens (tertiary/aromatic N) is 6. The van der Waals surface area contributed by atoms with Crippen molar-refractivity contribution >= 4 is 0 Å². The quantitative estimate of drug-likeness (QED) is 0.375. The van der Waals surface area contributed by atoms with E-state index >= 15 is 0 Å². The lowest BCUT2D eigenvalue weighted by atomic mass is 10.1. The Morgan fingerprint density at radius 2 is 1.73 bits per heavy atom. The number of hydrogen-bond donors (Lipinski definition) is 0. The molecule has 2 aromatic heterocycles. The lowest BCUT2D eigenvalue weighted by Crippen LogP contribution is -2.40. The zero-order valence-electron chi connectivity index (χ0n) is 20.7. The van der Waals surface area contributed by atoms with E-state index in [1.807, 2.05) is 30.3 Å². The minimum absolute atomic E-state index is 0.0120. The molecule has 2 aromatic carbocycles. The highest BCUT2D eigenvalue weighted by atomic mass is 16.5. The van der Waals surface area contributed by atoms with Crippen LogP contribution in [0.1, 0.15) is 37.3 Å². The summed E-state index contributed by atoms with van der Waals surface area (Å²) in [5.74, 6) is 1.23. The third-order valence-corrected chi connectivity index (χ3v) is 6.51. The smallest absolute Gasteiger partial charge is 0.267 e. The lowest BCUT2D eigenvalue weighted by molar-refractivity contribution is 0.0257. The zero-order valence-corrected chi connectivity index (χ0v) is 20.7. The van der Waals surface area contributed by atoms with Gasteiger partial charge in [-0.25, -0.2) is 14.6 Å². The van der Waals surface area contributed by atoms with E-state index in [1.54, 1.807) is 36.7 Å². The lowest BCUT2D eigenvalue weighted by Gasteiger charge is -2.32. The number of ether oxygens (including phenoxy) is 1. The Hall–Kier alpha value is -4.35. The SMILES string of the molecule is CC(Oc1cnc(-c2cccc(Cn3nc(-c4cccc(C#N)c4)ccc3=O)c2)nc1)N1CCCCC1. The molecule has 1 saturated heterocycles. The summed E-state index contributed by atoms with van der Waals surface area (Å²) in [5, 5.41) is 13.7. The summed E-state index contributed by atoms with van der Waals surface area (Å²) in [5.41, 5.74) is 3.50. The van der Waals surface area contributed by atoms with Crippen LogP contribution < -0.4 is 10.3 Å². The average Bonchev–Trinajstić information content (AvgIpc) is 2.95. The van der Waals surface area contributed by atoms with Gasteiger partial charge in [-0.3, -0.25) is 9.69 Å². The Morgan fingerprint density at radius 3 is 2.51 bits per heavy atom. The Labute approximate surface area is 215 Å². The van der Waals surface area contributed by atoms with Gasteiger partial charge in [-0.1, -0.05) is 36.8 Å². The van der Waals surface area contributed by atoms with E-state index in [2.05, 4.69) is 33.0 Å². The van der Waals surface area contributed by atoms with E-state index < -0.39 is 0 Å². The van der Waals surface area contributed by atoms with Crippen LogP contribution in [0.4, 0.5) is 0 Å². The molecule has 0 aliphatic carbocycles. The van der Waals surface area contributed by atoms with Gasteiger partial charge >= 0.3 is 0 Å². The van der Waals surface area contributed by atoms with Crippen LogP contribution in [0.5, 0.6) is 5.75 Å². The van der Waals surface area contributed by atoms with E-state index in [4.69, 9.17) is 4.74 Å². The van der Waals surface area contributed by atoms with Crippen molar-refractivity contribution in [2.45, 2.75) is 39.0 Å². The second-order valence-electron chi connectivity index (χ2n) is 9.16. The molecule has 8 nitrogen and oxygen atoms in total. The summed E-state index contributed by atoms with van der Waals surface area (Å²) in [6.45, 7) is 4.47. The van der Waals surface area contributed by atoms with Gasteiger partial charge in [-0.2, -0.15) is 10.4 Å². The van der Waals surface area contributed by atoms with Crippen LogP contribution in [0.15, 0.2) is 77.9 Å². The minimum Gasteiger partial charge on any atom is -0.472 e. The first kappa shape index (κ1) is 24.3. The van der Waals surface area contributed by atoms with Gasteiger partial charge < -0.3 is 4.74 Å². The molecule has 1 fully saturated rings. The molecule has 5 rings (SSSR count). The Bertz CT molecular complexity index is 1470. The van der Waals surface area contributed by atoms with E-state index in [0.29, 0.717) is 29.4 Å². The summed E-state index contributed by atoms with van der Waals surface area (Å²) >= 11 is 0. The number of rotatable bonds is 7. The van der Waals surface area contributed by atoms with Gasteiger partial charge in [-0.15, -0.1) is 0 Å². The number of nitriles is 1. The van der Waals surface area contributed by atoms with Gasteiger partial charge in [0.15, 0.2) is 11.6 Å².